The molecule has 2 rings (SSSR count). The molecular formula is C12H18N2O. The lowest BCUT2D eigenvalue weighted by Crippen LogP contribution is -2.19. The monoisotopic (exact) mass is 206 g/mol. The number of hydrogen-bond donors (Lipinski definition) is 1. The highest BCUT2D eigenvalue weighted by molar-refractivity contribution is 5.20. The van der Waals surface area contributed by atoms with Gasteiger partial charge < -0.3 is 10.1 Å². The van der Waals surface area contributed by atoms with Gasteiger partial charge in [0.15, 0.2) is 0 Å². The molecule has 1 aliphatic heterocycles. The van der Waals surface area contributed by atoms with Crippen molar-refractivity contribution in [3.8, 4) is 0 Å². The van der Waals surface area contributed by atoms with Gasteiger partial charge in [0, 0.05) is 24.0 Å². The van der Waals surface area contributed by atoms with Gasteiger partial charge in [0.25, 0.3) is 0 Å². The highest BCUT2D eigenvalue weighted by atomic mass is 16.5. The van der Waals surface area contributed by atoms with E-state index in [-0.39, 0.29) is 6.10 Å². The van der Waals surface area contributed by atoms with Crippen molar-refractivity contribution < 1.29 is 4.74 Å². The first-order valence-electron chi connectivity index (χ1n) is 5.55. The van der Waals surface area contributed by atoms with Crippen molar-refractivity contribution in [3.05, 3.63) is 29.6 Å². The topological polar surface area (TPSA) is 34.1 Å². The quantitative estimate of drug-likeness (QED) is 0.819. The average molecular weight is 206 g/mol. The summed E-state index contributed by atoms with van der Waals surface area (Å²) < 4.78 is 5.98. The Hall–Kier alpha value is -0.930. The molecular weight excluding hydrogens is 188 g/mol. The second-order valence-corrected chi connectivity index (χ2v) is 4.07. The number of aryl methyl sites for hydroxylation is 1. The lowest BCUT2D eigenvalue weighted by molar-refractivity contribution is 0.00778. The van der Waals surface area contributed by atoms with Crippen LogP contribution in [-0.2, 0) is 4.74 Å². The molecule has 1 aromatic rings. The van der Waals surface area contributed by atoms with Crippen molar-refractivity contribution >= 4 is 0 Å². The molecule has 0 saturated carbocycles. The van der Waals surface area contributed by atoms with E-state index in [2.05, 4.69) is 23.3 Å². The van der Waals surface area contributed by atoms with Crippen LogP contribution >= 0.6 is 0 Å². The van der Waals surface area contributed by atoms with Gasteiger partial charge in [-0.3, -0.25) is 4.98 Å². The lowest BCUT2D eigenvalue weighted by atomic mass is 10.1. The molecule has 0 unspecified atom stereocenters. The maximum Gasteiger partial charge on any atom is 0.0818 e. The standard InChI is InChI=1S/C12H18N2O/c1-9-12(4-3-6-14-9)10(2)15-11-5-7-13-8-11/h3-4,6,10-11,13H,5,7-8H2,1-2H3/t10-,11-/m0/s1. The maximum atomic E-state index is 5.98. The molecule has 1 N–H and O–H groups in total. The van der Waals surface area contributed by atoms with E-state index >= 15 is 0 Å². The Morgan fingerprint density at radius 3 is 3.13 bits per heavy atom. The Bertz CT molecular complexity index is 321. The summed E-state index contributed by atoms with van der Waals surface area (Å²) in [5.41, 5.74) is 2.26. The molecule has 15 heavy (non-hydrogen) atoms. The van der Waals surface area contributed by atoms with Crippen molar-refractivity contribution in [3.63, 3.8) is 0 Å². The first kappa shape index (κ1) is 10.6. The van der Waals surface area contributed by atoms with Crippen LogP contribution in [-0.4, -0.2) is 24.2 Å². The zero-order chi connectivity index (χ0) is 10.7. The van der Waals surface area contributed by atoms with Crippen molar-refractivity contribution in [2.24, 2.45) is 0 Å². The van der Waals surface area contributed by atoms with Crippen molar-refractivity contribution in [1.82, 2.24) is 10.3 Å². The highest BCUT2D eigenvalue weighted by Gasteiger charge is 2.19. The summed E-state index contributed by atoms with van der Waals surface area (Å²) in [5, 5.41) is 3.30. The molecule has 0 spiro atoms. The number of nitrogens with one attached hydrogen (secondary N) is 1. The van der Waals surface area contributed by atoms with E-state index < -0.39 is 0 Å². The van der Waals surface area contributed by atoms with E-state index in [0.717, 1.165) is 25.2 Å². The summed E-state index contributed by atoms with van der Waals surface area (Å²) in [5.74, 6) is 0. The van der Waals surface area contributed by atoms with Crippen LogP contribution in [0.5, 0.6) is 0 Å². The Morgan fingerprint density at radius 1 is 1.60 bits per heavy atom. The third-order valence-electron chi connectivity index (χ3n) is 2.90. The molecule has 3 heteroatoms. The largest absolute Gasteiger partial charge is 0.369 e. The van der Waals surface area contributed by atoms with Crippen LogP contribution in [0.2, 0.25) is 0 Å². The summed E-state index contributed by atoms with van der Waals surface area (Å²) in [7, 11) is 0. The van der Waals surface area contributed by atoms with E-state index in [4.69, 9.17) is 4.74 Å². The van der Waals surface area contributed by atoms with Gasteiger partial charge >= 0.3 is 0 Å². The van der Waals surface area contributed by atoms with Crippen LogP contribution in [0, 0.1) is 6.92 Å². The zero-order valence-corrected chi connectivity index (χ0v) is 9.36. The number of ether oxygens (including phenoxy) is 1. The minimum Gasteiger partial charge on any atom is -0.369 e. The van der Waals surface area contributed by atoms with E-state index in [1.165, 1.54) is 5.56 Å². The summed E-state index contributed by atoms with van der Waals surface area (Å²) in [6.07, 6.45) is 3.44. The third kappa shape index (κ3) is 2.55. The normalized spacial score (nSPS) is 22.9. The molecule has 0 radical (unpaired) electrons. The SMILES string of the molecule is Cc1ncccc1[C@H](C)O[C@H]1CCNC1. The van der Waals surface area contributed by atoms with Gasteiger partial charge in [0.2, 0.25) is 0 Å². The van der Waals surface area contributed by atoms with Crippen molar-refractivity contribution in [2.45, 2.75) is 32.5 Å². The Balaban J connectivity index is 2.00. The zero-order valence-electron chi connectivity index (χ0n) is 9.36. The van der Waals surface area contributed by atoms with Gasteiger partial charge in [0.05, 0.1) is 12.2 Å². The molecule has 1 fully saturated rings. The van der Waals surface area contributed by atoms with Gasteiger partial charge in [-0.2, -0.15) is 0 Å². The molecule has 0 aliphatic carbocycles. The minimum absolute atomic E-state index is 0.142. The lowest BCUT2D eigenvalue weighted by Gasteiger charge is -2.19. The van der Waals surface area contributed by atoms with Crippen LogP contribution in [0.15, 0.2) is 18.3 Å². The summed E-state index contributed by atoms with van der Waals surface area (Å²) in [6.45, 7) is 6.18. The number of aromatic nitrogens is 1. The highest BCUT2D eigenvalue weighted by Crippen LogP contribution is 2.22. The Morgan fingerprint density at radius 2 is 2.47 bits per heavy atom. The fourth-order valence-electron chi connectivity index (χ4n) is 2.03. The van der Waals surface area contributed by atoms with E-state index in [1.54, 1.807) is 0 Å². The number of rotatable bonds is 3. The fraction of sp³-hybridized carbons (Fsp3) is 0.583. The van der Waals surface area contributed by atoms with Gasteiger partial charge in [-0.1, -0.05) is 6.07 Å². The predicted molar refractivity (Wildman–Crippen MR) is 59.7 cm³/mol. The second-order valence-electron chi connectivity index (χ2n) is 4.07. The van der Waals surface area contributed by atoms with E-state index in [1.807, 2.05) is 19.2 Å². The first-order valence-corrected chi connectivity index (χ1v) is 5.55. The molecule has 3 nitrogen and oxygen atoms in total. The molecule has 0 aromatic carbocycles. The average Bonchev–Trinajstić information content (AvgIpc) is 2.71. The smallest absolute Gasteiger partial charge is 0.0818 e. The predicted octanol–water partition coefficient (Wildman–Crippen LogP) is 1.83. The van der Waals surface area contributed by atoms with Gasteiger partial charge in [-0.05, 0) is 32.9 Å². The van der Waals surface area contributed by atoms with Gasteiger partial charge in [0.1, 0.15) is 0 Å². The van der Waals surface area contributed by atoms with Crippen LogP contribution in [0.25, 0.3) is 0 Å². The number of pyridine rings is 1. The molecule has 0 amide bonds. The summed E-state index contributed by atoms with van der Waals surface area (Å²) >= 11 is 0. The number of nitrogens with zero attached hydrogens (tertiary/aromatic N) is 1. The molecule has 2 heterocycles. The third-order valence-corrected chi connectivity index (χ3v) is 2.90. The van der Waals surface area contributed by atoms with Crippen LogP contribution in [0.3, 0.4) is 0 Å². The van der Waals surface area contributed by atoms with E-state index in [0.29, 0.717) is 6.10 Å². The number of hydrogen-bond acceptors (Lipinski definition) is 3. The van der Waals surface area contributed by atoms with E-state index in [9.17, 15) is 0 Å². The van der Waals surface area contributed by atoms with Crippen molar-refractivity contribution in [1.29, 1.82) is 0 Å². The van der Waals surface area contributed by atoms with Gasteiger partial charge in [-0.15, -0.1) is 0 Å². The van der Waals surface area contributed by atoms with Crippen LogP contribution in [0.1, 0.15) is 30.7 Å². The minimum atomic E-state index is 0.142. The Labute approximate surface area is 90.9 Å². The maximum absolute atomic E-state index is 5.98. The molecule has 1 saturated heterocycles. The Kier molecular flexibility index (Phi) is 3.34. The molecule has 2 atom stereocenters. The molecule has 1 aliphatic rings. The van der Waals surface area contributed by atoms with Crippen molar-refractivity contribution in [2.75, 3.05) is 13.1 Å². The fourth-order valence-corrected chi connectivity index (χ4v) is 2.03. The first-order chi connectivity index (χ1) is 7.27. The summed E-state index contributed by atoms with van der Waals surface area (Å²) in [4.78, 5) is 4.28. The molecule has 82 valence electrons. The van der Waals surface area contributed by atoms with Crippen LogP contribution < -0.4 is 5.32 Å². The van der Waals surface area contributed by atoms with Gasteiger partial charge in [-0.25, -0.2) is 0 Å². The molecule has 1 aromatic heterocycles. The van der Waals surface area contributed by atoms with Crippen LogP contribution in [0.4, 0.5) is 0 Å². The summed E-state index contributed by atoms with van der Waals surface area (Å²) in [6, 6.07) is 4.06. The molecule has 0 bridgehead atoms. The second kappa shape index (κ2) is 4.73.